The Bertz CT molecular complexity index is 1100. The number of fused-ring (bicyclic) bond motifs is 1. The molecule has 1 N–H and O–H groups in total. The van der Waals surface area contributed by atoms with Crippen molar-refractivity contribution < 1.29 is 9.59 Å². The smallest absolute Gasteiger partial charge is 0.290 e. The highest BCUT2D eigenvalue weighted by Gasteiger charge is 2.27. The van der Waals surface area contributed by atoms with Crippen molar-refractivity contribution in [3.63, 3.8) is 0 Å². The lowest BCUT2D eigenvalue weighted by atomic mass is 10.0. The zero-order valence-electron chi connectivity index (χ0n) is 16.4. The first-order valence-electron chi connectivity index (χ1n) is 9.46. The summed E-state index contributed by atoms with van der Waals surface area (Å²) < 4.78 is 0. The SMILES string of the molecule is Cc1ccc(N2NC(C(=O)N(C)Cc3cccc4ccccc34)=NCC2=O)cc1. The van der Waals surface area contributed by atoms with E-state index in [0.717, 1.165) is 21.9 Å². The molecule has 0 unspecified atom stereocenters. The third kappa shape index (κ3) is 3.82. The number of likely N-dealkylation sites (N-methyl/N-ethyl adjacent to an activating group) is 1. The van der Waals surface area contributed by atoms with E-state index in [2.05, 4.69) is 28.6 Å². The van der Waals surface area contributed by atoms with Gasteiger partial charge in [0.25, 0.3) is 11.8 Å². The van der Waals surface area contributed by atoms with E-state index in [1.54, 1.807) is 11.9 Å². The number of rotatable bonds is 4. The molecular weight excluding hydrogens is 364 g/mol. The van der Waals surface area contributed by atoms with E-state index in [4.69, 9.17) is 0 Å². The van der Waals surface area contributed by atoms with Crippen LogP contribution in [0.15, 0.2) is 71.7 Å². The lowest BCUT2D eigenvalue weighted by Crippen LogP contribution is -2.55. The third-order valence-electron chi connectivity index (χ3n) is 4.97. The molecule has 146 valence electrons. The number of anilines is 1. The van der Waals surface area contributed by atoms with Crippen LogP contribution in [0.1, 0.15) is 11.1 Å². The maximum atomic E-state index is 13.0. The van der Waals surface area contributed by atoms with Gasteiger partial charge in [-0.25, -0.2) is 5.01 Å². The second-order valence-electron chi connectivity index (χ2n) is 7.14. The molecule has 2 amide bonds. The first-order chi connectivity index (χ1) is 14.0. The minimum absolute atomic E-state index is 0.0654. The molecule has 4 rings (SSSR count). The molecule has 3 aromatic rings. The van der Waals surface area contributed by atoms with Crippen molar-refractivity contribution in [2.75, 3.05) is 18.6 Å². The minimum Gasteiger partial charge on any atom is -0.335 e. The summed E-state index contributed by atoms with van der Waals surface area (Å²) in [5, 5.41) is 3.63. The van der Waals surface area contributed by atoms with Crippen LogP contribution < -0.4 is 10.4 Å². The normalized spacial score (nSPS) is 13.8. The van der Waals surface area contributed by atoms with Gasteiger partial charge in [-0.15, -0.1) is 0 Å². The molecule has 0 aliphatic carbocycles. The van der Waals surface area contributed by atoms with Crippen LogP contribution in [-0.4, -0.2) is 36.1 Å². The predicted molar refractivity (Wildman–Crippen MR) is 115 cm³/mol. The van der Waals surface area contributed by atoms with Gasteiger partial charge >= 0.3 is 0 Å². The zero-order valence-corrected chi connectivity index (χ0v) is 16.4. The summed E-state index contributed by atoms with van der Waals surface area (Å²) in [4.78, 5) is 31.0. The van der Waals surface area contributed by atoms with Crippen LogP contribution in [0.25, 0.3) is 10.8 Å². The van der Waals surface area contributed by atoms with E-state index in [0.29, 0.717) is 12.2 Å². The van der Waals surface area contributed by atoms with E-state index in [1.807, 2.05) is 55.5 Å². The molecule has 1 aliphatic rings. The summed E-state index contributed by atoms with van der Waals surface area (Å²) in [5.41, 5.74) is 5.72. The Balaban J connectivity index is 1.52. The average Bonchev–Trinajstić information content (AvgIpc) is 2.74. The van der Waals surface area contributed by atoms with Gasteiger partial charge in [0.05, 0.1) is 5.69 Å². The summed E-state index contributed by atoms with van der Waals surface area (Å²) in [6.45, 7) is 2.36. The number of benzene rings is 3. The monoisotopic (exact) mass is 386 g/mol. The second-order valence-corrected chi connectivity index (χ2v) is 7.14. The summed E-state index contributed by atoms with van der Waals surface area (Å²) in [6, 6.07) is 21.7. The number of hydrogen-bond donors (Lipinski definition) is 1. The molecule has 0 radical (unpaired) electrons. The topological polar surface area (TPSA) is 65.0 Å². The fourth-order valence-electron chi connectivity index (χ4n) is 3.38. The number of hydrogen-bond acceptors (Lipinski definition) is 4. The number of amides is 2. The molecule has 3 aromatic carbocycles. The van der Waals surface area contributed by atoms with Gasteiger partial charge in [-0.2, -0.15) is 0 Å². The molecule has 0 fully saturated rings. The van der Waals surface area contributed by atoms with Gasteiger partial charge in [0.1, 0.15) is 6.54 Å². The molecule has 0 saturated carbocycles. The van der Waals surface area contributed by atoms with Crippen molar-refractivity contribution in [2.45, 2.75) is 13.5 Å². The number of nitrogens with zero attached hydrogens (tertiary/aromatic N) is 3. The Morgan fingerprint density at radius 2 is 1.79 bits per heavy atom. The molecule has 6 heteroatoms. The van der Waals surface area contributed by atoms with E-state index in [9.17, 15) is 9.59 Å². The lowest BCUT2D eigenvalue weighted by Gasteiger charge is -2.29. The highest BCUT2D eigenvalue weighted by atomic mass is 16.2. The van der Waals surface area contributed by atoms with Gasteiger partial charge < -0.3 is 4.90 Å². The summed E-state index contributed by atoms with van der Waals surface area (Å²) in [6.07, 6.45) is 0. The second kappa shape index (κ2) is 7.75. The van der Waals surface area contributed by atoms with Gasteiger partial charge in [0, 0.05) is 13.6 Å². The molecule has 6 nitrogen and oxygen atoms in total. The van der Waals surface area contributed by atoms with Crippen molar-refractivity contribution in [1.29, 1.82) is 0 Å². The number of hydrazine groups is 1. The molecule has 0 bridgehead atoms. The maximum Gasteiger partial charge on any atom is 0.290 e. The van der Waals surface area contributed by atoms with Crippen molar-refractivity contribution in [2.24, 2.45) is 4.99 Å². The van der Waals surface area contributed by atoms with Crippen molar-refractivity contribution in [3.8, 4) is 0 Å². The molecule has 1 heterocycles. The van der Waals surface area contributed by atoms with Gasteiger partial charge in [-0.1, -0.05) is 60.2 Å². The fourth-order valence-corrected chi connectivity index (χ4v) is 3.38. The first kappa shape index (κ1) is 18.7. The highest BCUT2D eigenvalue weighted by molar-refractivity contribution is 6.39. The summed E-state index contributed by atoms with van der Waals surface area (Å²) in [5.74, 6) is -0.308. The Morgan fingerprint density at radius 3 is 2.59 bits per heavy atom. The van der Waals surface area contributed by atoms with Crippen molar-refractivity contribution in [3.05, 3.63) is 77.9 Å². The van der Waals surface area contributed by atoms with Crippen LogP contribution in [0.5, 0.6) is 0 Å². The van der Waals surface area contributed by atoms with Crippen LogP contribution >= 0.6 is 0 Å². The molecule has 0 atom stereocenters. The van der Waals surface area contributed by atoms with Gasteiger partial charge in [0.2, 0.25) is 5.84 Å². The average molecular weight is 386 g/mol. The largest absolute Gasteiger partial charge is 0.335 e. The number of nitrogens with one attached hydrogen (secondary N) is 1. The van der Waals surface area contributed by atoms with E-state index < -0.39 is 0 Å². The Kier molecular flexibility index (Phi) is 4.99. The minimum atomic E-state index is -0.262. The Labute approximate surface area is 169 Å². The molecule has 29 heavy (non-hydrogen) atoms. The molecule has 0 spiro atoms. The number of aryl methyl sites for hydroxylation is 1. The van der Waals surface area contributed by atoms with Crippen molar-refractivity contribution in [1.82, 2.24) is 10.3 Å². The Hall–Kier alpha value is -3.67. The number of amidine groups is 1. The summed E-state index contributed by atoms with van der Waals surface area (Å²) in [7, 11) is 1.74. The number of carbonyl (C=O) groups excluding carboxylic acids is 2. The fraction of sp³-hybridized carbons (Fsp3) is 0.174. The van der Waals surface area contributed by atoms with E-state index in [1.165, 1.54) is 5.01 Å². The zero-order chi connectivity index (χ0) is 20.4. The van der Waals surface area contributed by atoms with Gasteiger partial charge in [0.15, 0.2) is 0 Å². The van der Waals surface area contributed by atoms with E-state index >= 15 is 0 Å². The van der Waals surface area contributed by atoms with Crippen LogP contribution in [0.4, 0.5) is 5.69 Å². The third-order valence-corrected chi connectivity index (χ3v) is 4.97. The molecular formula is C23H22N4O2. The van der Waals surface area contributed by atoms with Gasteiger partial charge in [-0.3, -0.25) is 20.0 Å². The van der Waals surface area contributed by atoms with E-state index in [-0.39, 0.29) is 24.2 Å². The lowest BCUT2D eigenvalue weighted by molar-refractivity contribution is -0.123. The first-order valence-corrected chi connectivity index (χ1v) is 9.46. The van der Waals surface area contributed by atoms with Crippen LogP contribution in [0, 0.1) is 6.92 Å². The molecule has 0 saturated heterocycles. The van der Waals surface area contributed by atoms with Crippen LogP contribution in [0.3, 0.4) is 0 Å². The maximum absolute atomic E-state index is 13.0. The van der Waals surface area contributed by atoms with Gasteiger partial charge in [-0.05, 0) is 35.4 Å². The number of aliphatic imine (C=N–C) groups is 1. The predicted octanol–water partition coefficient (Wildman–Crippen LogP) is 3.06. The van der Waals surface area contributed by atoms with Crippen molar-refractivity contribution >= 4 is 34.1 Å². The highest BCUT2D eigenvalue weighted by Crippen LogP contribution is 2.20. The standard InChI is InChI=1S/C23H22N4O2/c1-16-10-12-19(13-11-16)27-21(28)14-24-22(25-27)23(29)26(2)15-18-8-5-7-17-6-3-4-9-20(17)18/h3-13H,14-15H2,1-2H3,(H,24,25). The molecule has 1 aliphatic heterocycles. The number of carbonyl (C=O) groups is 2. The van der Waals surface area contributed by atoms with Crippen LogP contribution in [-0.2, 0) is 16.1 Å². The summed E-state index contributed by atoms with van der Waals surface area (Å²) >= 11 is 0. The molecule has 0 aromatic heterocycles. The Morgan fingerprint density at radius 1 is 1.07 bits per heavy atom. The van der Waals surface area contributed by atoms with Crippen LogP contribution in [0.2, 0.25) is 0 Å². The quantitative estimate of drug-likeness (QED) is 0.750.